The van der Waals surface area contributed by atoms with E-state index in [0.29, 0.717) is 6.54 Å². The molecule has 4 heteroatoms. The lowest BCUT2D eigenvalue weighted by Crippen LogP contribution is -2.62. The molecule has 94 valence electrons. The van der Waals surface area contributed by atoms with Crippen molar-refractivity contribution in [3.05, 3.63) is 24.2 Å². The van der Waals surface area contributed by atoms with Gasteiger partial charge in [0.15, 0.2) is 0 Å². The van der Waals surface area contributed by atoms with Gasteiger partial charge in [0, 0.05) is 13.1 Å². The molecular formula is C13H20N2O2. The van der Waals surface area contributed by atoms with E-state index < -0.39 is 5.54 Å². The summed E-state index contributed by atoms with van der Waals surface area (Å²) < 4.78 is 5.37. The van der Waals surface area contributed by atoms with E-state index in [1.807, 2.05) is 19.1 Å². The molecule has 1 amide bonds. The van der Waals surface area contributed by atoms with Crippen LogP contribution in [0.1, 0.15) is 32.4 Å². The molecular weight excluding hydrogens is 216 g/mol. The van der Waals surface area contributed by atoms with Crippen LogP contribution in [0.25, 0.3) is 0 Å². The molecule has 2 heterocycles. The zero-order chi connectivity index (χ0) is 12.3. The molecule has 0 aliphatic carbocycles. The molecule has 17 heavy (non-hydrogen) atoms. The molecule has 1 unspecified atom stereocenters. The predicted molar refractivity (Wildman–Crippen MR) is 65.4 cm³/mol. The lowest BCUT2D eigenvalue weighted by atomic mass is 9.90. The van der Waals surface area contributed by atoms with Crippen molar-refractivity contribution in [3.63, 3.8) is 0 Å². The Bertz CT molecular complexity index is 375. The SMILES string of the molecule is CCCC1(C)C(=O)NCCN1Cc1ccco1. The molecule has 1 atom stereocenters. The summed E-state index contributed by atoms with van der Waals surface area (Å²) in [6, 6.07) is 3.84. The van der Waals surface area contributed by atoms with Crippen molar-refractivity contribution in [1.82, 2.24) is 10.2 Å². The summed E-state index contributed by atoms with van der Waals surface area (Å²) in [5.41, 5.74) is -0.403. The largest absolute Gasteiger partial charge is 0.468 e. The van der Waals surface area contributed by atoms with Crippen LogP contribution in [0.3, 0.4) is 0 Å². The number of carbonyl (C=O) groups is 1. The van der Waals surface area contributed by atoms with Crippen molar-refractivity contribution >= 4 is 5.91 Å². The van der Waals surface area contributed by atoms with Crippen LogP contribution in [-0.4, -0.2) is 29.4 Å². The fraction of sp³-hybridized carbons (Fsp3) is 0.615. The Hall–Kier alpha value is -1.29. The third-order valence-corrected chi connectivity index (χ3v) is 3.52. The number of hydrogen-bond donors (Lipinski definition) is 1. The molecule has 1 fully saturated rings. The van der Waals surface area contributed by atoms with Crippen LogP contribution in [-0.2, 0) is 11.3 Å². The van der Waals surface area contributed by atoms with E-state index in [2.05, 4.69) is 17.1 Å². The maximum atomic E-state index is 12.1. The van der Waals surface area contributed by atoms with Gasteiger partial charge in [-0.25, -0.2) is 0 Å². The fourth-order valence-electron chi connectivity index (χ4n) is 2.49. The maximum Gasteiger partial charge on any atom is 0.240 e. The van der Waals surface area contributed by atoms with Gasteiger partial charge in [-0.3, -0.25) is 9.69 Å². The third-order valence-electron chi connectivity index (χ3n) is 3.52. The number of rotatable bonds is 4. The minimum absolute atomic E-state index is 0.136. The van der Waals surface area contributed by atoms with Crippen LogP contribution in [0.4, 0.5) is 0 Å². The maximum absolute atomic E-state index is 12.1. The van der Waals surface area contributed by atoms with Crippen molar-refractivity contribution < 1.29 is 9.21 Å². The Kier molecular flexibility index (Phi) is 3.52. The highest BCUT2D eigenvalue weighted by Gasteiger charge is 2.41. The molecule has 1 aliphatic heterocycles. The first-order valence-corrected chi connectivity index (χ1v) is 6.22. The molecule has 0 radical (unpaired) electrons. The molecule has 0 spiro atoms. The van der Waals surface area contributed by atoms with Crippen molar-refractivity contribution in [2.75, 3.05) is 13.1 Å². The van der Waals surface area contributed by atoms with Gasteiger partial charge in [0.25, 0.3) is 0 Å². The summed E-state index contributed by atoms with van der Waals surface area (Å²) in [6.07, 6.45) is 3.55. The number of furan rings is 1. The zero-order valence-electron chi connectivity index (χ0n) is 10.5. The minimum atomic E-state index is -0.403. The Balaban J connectivity index is 2.14. The van der Waals surface area contributed by atoms with Crippen LogP contribution >= 0.6 is 0 Å². The van der Waals surface area contributed by atoms with Crippen LogP contribution in [0.2, 0.25) is 0 Å². The van der Waals surface area contributed by atoms with E-state index in [1.165, 1.54) is 0 Å². The summed E-state index contributed by atoms with van der Waals surface area (Å²) >= 11 is 0. The Labute approximate surface area is 102 Å². The highest BCUT2D eigenvalue weighted by molar-refractivity contribution is 5.86. The molecule has 1 aliphatic rings. The lowest BCUT2D eigenvalue weighted by molar-refractivity contribution is -0.137. The van der Waals surface area contributed by atoms with Crippen LogP contribution < -0.4 is 5.32 Å². The van der Waals surface area contributed by atoms with Crippen molar-refractivity contribution in [1.29, 1.82) is 0 Å². The number of amides is 1. The molecule has 1 N–H and O–H groups in total. The molecule has 0 aromatic carbocycles. The van der Waals surface area contributed by atoms with E-state index in [9.17, 15) is 4.79 Å². The second-order valence-electron chi connectivity index (χ2n) is 4.78. The number of nitrogens with one attached hydrogen (secondary N) is 1. The number of piperazine rings is 1. The van der Waals surface area contributed by atoms with Gasteiger partial charge in [-0.1, -0.05) is 13.3 Å². The summed E-state index contributed by atoms with van der Waals surface area (Å²) in [6.45, 7) is 6.44. The van der Waals surface area contributed by atoms with Crippen molar-refractivity contribution in [2.24, 2.45) is 0 Å². The highest BCUT2D eigenvalue weighted by Crippen LogP contribution is 2.26. The number of carbonyl (C=O) groups excluding carboxylic acids is 1. The first-order chi connectivity index (χ1) is 8.16. The standard InChI is InChI=1S/C13H20N2O2/c1-3-6-13(2)12(16)14-7-8-15(13)10-11-5-4-9-17-11/h4-5,9H,3,6-8,10H2,1-2H3,(H,14,16). The second kappa shape index (κ2) is 4.92. The van der Waals surface area contributed by atoms with Crippen molar-refractivity contribution in [2.45, 2.75) is 38.8 Å². The van der Waals surface area contributed by atoms with Crippen LogP contribution in [0.15, 0.2) is 22.8 Å². The molecule has 0 bridgehead atoms. The van der Waals surface area contributed by atoms with Gasteiger partial charge in [-0.05, 0) is 25.5 Å². The van der Waals surface area contributed by atoms with E-state index >= 15 is 0 Å². The molecule has 1 aromatic heterocycles. The van der Waals surface area contributed by atoms with Crippen LogP contribution in [0.5, 0.6) is 0 Å². The lowest BCUT2D eigenvalue weighted by Gasteiger charge is -2.43. The Morgan fingerprint density at radius 3 is 3.06 bits per heavy atom. The smallest absolute Gasteiger partial charge is 0.240 e. The topological polar surface area (TPSA) is 45.5 Å². The first kappa shape index (κ1) is 12.2. The van der Waals surface area contributed by atoms with Gasteiger partial charge in [0.1, 0.15) is 5.76 Å². The molecule has 1 saturated heterocycles. The highest BCUT2D eigenvalue weighted by atomic mass is 16.3. The van der Waals surface area contributed by atoms with E-state index in [1.54, 1.807) is 6.26 Å². The van der Waals surface area contributed by atoms with Gasteiger partial charge in [0.2, 0.25) is 5.91 Å². The van der Waals surface area contributed by atoms with E-state index in [0.717, 1.165) is 31.7 Å². The zero-order valence-corrected chi connectivity index (χ0v) is 10.5. The molecule has 2 rings (SSSR count). The summed E-state index contributed by atoms with van der Waals surface area (Å²) in [5.74, 6) is 1.05. The van der Waals surface area contributed by atoms with Gasteiger partial charge in [-0.2, -0.15) is 0 Å². The molecule has 4 nitrogen and oxygen atoms in total. The summed E-state index contributed by atoms with van der Waals surface area (Å²) in [5, 5.41) is 2.96. The van der Waals surface area contributed by atoms with Gasteiger partial charge in [-0.15, -0.1) is 0 Å². The van der Waals surface area contributed by atoms with Gasteiger partial charge >= 0.3 is 0 Å². The summed E-state index contributed by atoms with van der Waals surface area (Å²) in [7, 11) is 0. The average Bonchev–Trinajstić information content (AvgIpc) is 2.79. The third kappa shape index (κ3) is 2.36. The first-order valence-electron chi connectivity index (χ1n) is 6.22. The Morgan fingerprint density at radius 1 is 1.59 bits per heavy atom. The monoisotopic (exact) mass is 236 g/mol. The summed E-state index contributed by atoms with van der Waals surface area (Å²) in [4.78, 5) is 14.3. The van der Waals surface area contributed by atoms with Gasteiger partial charge < -0.3 is 9.73 Å². The predicted octanol–water partition coefficient (Wildman–Crippen LogP) is 1.77. The number of nitrogens with zero attached hydrogens (tertiary/aromatic N) is 1. The van der Waals surface area contributed by atoms with E-state index in [-0.39, 0.29) is 5.91 Å². The Morgan fingerprint density at radius 2 is 2.41 bits per heavy atom. The molecule has 0 saturated carbocycles. The van der Waals surface area contributed by atoms with Crippen molar-refractivity contribution in [3.8, 4) is 0 Å². The molecule has 1 aromatic rings. The minimum Gasteiger partial charge on any atom is -0.468 e. The fourth-order valence-corrected chi connectivity index (χ4v) is 2.49. The van der Waals surface area contributed by atoms with Gasteiger partial charge in [0.05, 0.1) is 18.3 Å². The average molecular weight is 236 g/mol. The normalized spacial score (nSPS) is 25.9. The quantitative estimate of drug-likeness (QED) is 0.866. The van der Waals surface area contributed by atoms with E-state index in [4.69, 9.17) is 4.42 Å². The van der Waals surface area contributed by atoms with Crippen LogP contribution in [0, 0.1) is 0 Å². The number of hydrogen-bond acceptors (Lipinski definition) is 3. The second-order valence-corrected chi connectivity index (χ2v) is 4.78.